The first-order valence-electron chi connectivity index (χ1n) is 4.97. The zero-order valence-electron chi connectivity index (χ0n) is 8.81. The van der Waals surface area contributed by atoms with E-state index in [4.69, 9.17) is 11.6 Å². The van der Waals surface area contributed by atoms with Crippen molar-refractivity contribution in [3.05, 3.63) is 51.2 Å². The lowest BCUT2D eigenvalue weighted by molar-refractivity contribution is 0.0948. The fourth-order valence-corrected chi connectivity index (χ4v) is 2.40. The molecule has 2 rings (SSSR count). The van der Waals surface area contributed by atoms with E-state index in [1.54, 1.807) is 24.3 Å². The third kappa shape index (κ3) is 2.99. The Bertz CT molecular complexity index is 539. The molecule has 1 heterocycles. The Labute approximate surface area is 108 Å². The predicted octanol–water partition coefficient (Wildman–Crippen LogP) is 3.04. The number of thiophene rings is 1. The maximum Gasteiger partial charge on any atom is 0.255 e. The standard InChI is InChI=1S/C12H10ClNO2S/c13-11-6-5-8(17-11)7-14-12(16)9-3-1-2-4-10(9)15/h1-6,15H,7H2,(H,14,16). The number of carbonyl (C=O) groups is 1. The van der Waals surface area contributed by atoms with Crippen LogP contribution in [-0.4, -0.2) is 11.0 Å². The predicted molar refractivity (Wildman–Crippen MR) is 68.6 cm³/mol. The molecule has 3 nitrogen and oxygen atoms in total. The van der Waals surface area contributed by atoms with Gasteiger partial charge in [0.15, 0.2) is 0 Å². The first-order valence-corrected chi connectivity index (χ1v) is 6.16. The van der Waals surface area contributed by atoms with Crippen molar-refractivity contribution >= 4 is 28.8 Å². The quantitative estimate of drug-likeness (QED) is 0.898. The van der Waals surface area contributed by atoms with E-state index in [-0.39, 0.29) is 17.2 Å². The molecule has 0 bridgehead atoms. The van der Waals surface area contributed by atoms with E-state index in [2.05, 4.69) is 5.32 Å². The minimum absolute atomic E-state index is 0.0192. The number of halogens is 1. The molecule has 2 aromatic rings. The molecule has 1 aromatic heterocycles. The number of aromatic hydroxyl groups is 1. The normalized spacial score (nSPS) is 10.2. The molecule has 0 aliphatic heterocycles. The zero-order chi connectivity index (χ0) is 12.3. The number of nitrogens with one attached hydrogen (secondary N) is 1. The van der Waals surface area contributed by atoms with Crippen LogP contribution >= 0.6 is 22.9 Å². The molecule has 0 radical (unpaired) electrons. The molecule has 0 fully saturated rings. The Balaban J connectivity index is 2.01. The van der Waals surface area contributed by atoms with Gasteiger partial charge in [0.1, 0.15) is 5.75 Å². The van der Waals surface area contributed by atoms with Crippen LogP contribution in [0.4, 0.5) is 0 Å². The lowest BCUT2D eigenvalue weighted by Gasteiger charge is -2.05. The van der Waals surface area contributed by atoms with Crippen LogP contribution in [0.1, 0.15) is 15.2 Å². The monoisotopic (exact) mass is 267 g/mol. The Hall–Kier alpha value is -1.52. The molecule has 0 saturated carbocycles. The smallest absolute Gasteiger partial charge is 0.255 e. The molecule has 0 spiro atoms. The second-order valence-electron chi connectivity index (χ2n) is 3.41. The van der Waals surface area contributed by atoms with Gasteiger partial charge < -0.3 is 10.4 Å². The number of benzene rings is 1. The van der Waals surface area contributed by atoms with Gasteiger partial charge in [-0.3, -0.25) is 4.79 Å². The lowest BCUT2D eigenvalue weighted by Crippen LogP contribution is -2.22. The van der Waals surface area contributed by atoms with Crippen molar-refractivity contribution in [1.82, 2.24) is 5.32 Å². The van der Waals surface area contributed by atoms with Gasteiger partial charge in [0.25, 0.3) is 5.91 Å². The van der Waals surface area contributed by atoms with Crippen LogP contribution in [0.3, 0.4) is 0 Å². The lowest BCUT2D eigenvalue weighted by atomic mass is 10.2. The molecule has 0 aliphatic carbocycles. The van der Waals surface area contributed by atoms with E-state index < -0.39 is 0 Å². The van der Waals surface area contributed by atoms with Gasteiger partial charge in [0, 0.05) is 4.88 Å². The summed E-state index contributed by atoms with van der Waals surface area (Å²) < 4.78 is 0.691. The van der Waals surface area contributed by atoms with Crippen molar-refractivity contribution in [2.75, 3.05) is 0 Å². The second kappa shape index (κ2) is 5.21. The Morgan fingerprint density at radius 2 is 2.06 bits per heavy atom. The molecule has 2 N–H and O–H groups in total. The summed E-state index contributed by atoms with van der Waals surface area (Å²) in [6, 6.07) is 10.1. The number of phenols is 1. The molecule has 0 unspecified atom stereocenters. The van der Waals surface area contributed by atoms with Gasteiger partial charge in [0.2, 0.25) is 0 Å². The minimum Gasteiger partial charge on any atom is -0.507 e. The third-order valence-corrected chi connectivity index (χ3v) is 3.43. The fourth-order valence-electron chi connectivity index (χ4n) is 1.38. The summed E-state index contributed by atoms with van der Waals surface area (Å²) in [5, 5.41) is 12.2. The van der Waals surface area contributed by atoms with Crippen molar-refractivity contribution in [3.63, 3.8) is 0 Å². The molecule has 0 atom stereocenters. The molecular formula is C12H10ClNO2S. The highest BCUT2D eigenvalue weighted by molar-refractivity contribution is 7.16. The van der Waals surface area contributed by atoms with E-state index in [1.807, 2.05) is 6.07 Å². The first kappa shape index (κ1) is 12.0. The van der Waals surface area contributed by atoms with Crippen LogP contribution in [0.25, 0.3) is 0 Å². The van der Waals surface area contributed by atoms with E-state index in [9.17, 15) is 9.90 Å². The highest BCUT2D eigenvalue weighted by Crippen LogP contribution is 2.21. The van der Waals surface area contributed by atoms with Gasteiger partial charge in [0.05, 0.1) is 16.4 Å². The first-order chi connectivity index (χ1) is 8.16. The number of amides is 1. The largest absolute Gasteiger partial charge is 0.507 e. The van der Waals surface area contributed by atoms with Crippen LogP contribution in [0.15, 0.2) is 36.4 Å². The van der Waals surface area contributed by atoms with Gasteiger partial charge in [-0.15, -0.1) is 11.3 Å². The SMILES string of the molecule is O=C(NCc1ccc(Cl)s1)c1ccccc1O. The average Bonchev–Trinajstić information content (AvgIpc) is 2.73. The van der Waals surface area contributed by atoms with Crippen LogP contribution in [0, 0.1) is 0 Å². The third-order valence-electron chi connectivity index (χ3n) is 2.20. The van der Waals surface area contributed by atoms with Crippen LogP contribution in [0.5, 0.6) is 5.75 Å². The summed E-state index contributed by atoms with van der Waals surface area (Å²) in [5.74, 6) is -0.318. The Kier molecular flexibility index (Phi) is 3.66. The topological polar surface area (TPSA) is 49.3 Å². The minimum atomic E-state index is -0.298. The summed E-state index contributed by atoms with van der Waals surface area (Å²) in [6.45, 7) is 0.407. The van der Waals surface area contributed by atoms with E-state index in [1.165, 1.54) is 17.4 Å². The van der Waals surface area contributed by atoms with Crippen LogP contribution < -0.4 is 5.32 Å². The number of hydrogen-bond donors (Lipinski definition) is 2. The summed E-state index contributed by atoms with van der Waals surface area (Å²) in [4.78, 5) is 12.7. The van der Waals surface area contributed by atoms with Gasteiger partial charge in [-0.05, 0) is 24.3 Å². The highest BCUT2D eigenvalue weighted by Gasteiger charge is 2.09. The summed E-state index contributed by atoms with van der Waals surface area (Å²) in [7, 11) is 0. The number of carbonyl (C=O) groups excluding carboxylic acids is 1. The summed E-state index contributed by atoms with van der Waals surface area (Å²) >= 11 is 7.20. The number of rotatable bonds is 3. The van der Waals surface area contributed by atoms with Crippen molar-refractivity contribution in [2.45, 2.75) is 6.54 Å². The zero-order valence-corrected chi connectivity index (χ0v) is 10.4. The Morgan fingerprint density at radius 3 is 2.71 bits per heavy atom. The molecule has 17 heavy (non-hydrogen) atoms. The molecular weight excluding hydrogens is 258 g/mol. The number of phenolic OH excluding ortho intramolecular Hbond substituents is 1. The number of para-hydroxylation sites is 1. The number of hydrogen-bond acceptors (Lipinski definition) is 3. The second-order valence-corrected chi connectivity index (χ2v) is 5.21. The van der Waals surface area contributed by atoms with Gasteiger partial charge in [-0.25, -0.2) is 0 Å². The Morgan fingerprint density at radius 1 is 1.29 bits per heavy atom. The van der Waals surface area contributed by atoms with Gasteiger partial charge >= 0.3 is 0 Å². The summed E-state index contributed by atoms with van der Waals surface area (Å²) in [5.41, 5.74) is 0.273. The highest BCUT2D eigenvalue weighted by atomic mass is 35.5. The van der Waals surface area contributed by atoms with Crippen molar-refractivity contribution < 1.29 is 9.90 Å². The van der Waals surface area contributed by atoms with Gasteiger partial charge in [-0.2, -0.15) is 0 Å². The maximum absolute atomic E-state index is 11.7. The summed E-state index contributed by atoms with van der Waals surface area (Å²) in [6.07, 6.45) is 0. The van der Waals surface area contributed by atoms with Crippen LogP contribution in [0.2, 0.25) is 4.34 Å². The average molecular weight is 268 g/mol. The molecule has 1 amide bonds. The van der Waals surface area contributed by atoms with E-state index in [0.29, 0.717) is 10.9 Å². The molecule has 1 aromatic carbocycles. The molecule has 0 saturated heterocycles. The van der Waals surface area contributed by atoms with Gasteiger partial charge in [-0.1, -0.05) is 23.7 Å². The van der Waals surface area contributed by atoms with E-state index >= 15 is 0 Å². The van der Waals surface area contributed by atoms with E-state index in [0.717, 1.165) is 4.88 Å². The van der Waals surface area contributed by atoms with Crippen molar-refractivity contribution in [2.24, 2.45) is 0 Å². The maximum atomic E-state index is 11.7. The molecule has 5 heteroatoms. The molecule has 88 valence electrons. The van der Waals surface area contributed by atoms with Crippen molar-refractivity contribution in [3.8, 4) is 5.75 Å². The van der Waals surface area contributed by atoms with Crippen LogP contribution in [-0.2, 0) is 6.54 Å². The fraction of sp³-hybridized carbons (Fsp3) is 0.0833. The van der Waals surface area contributed by atoms with Crippen molar-refractivity contribution in [1.29, 1.82) is 0 Å². The molecule has 0 aliphatic rings.